The van der Waals surface area contributed by atoms with Gasteiger partial charge in [-0.15, -0.1) is 0 Å². The van der Waals surface area contributed by atoms with Crippen molar-refractivity contribution >= 4 is 6.08 Å². The highest BCUT2D eigenvalue weighted by atomic mass is 14.2. The Balaban J connectivity index is 2.05. The molecule has 0 aliphatic heterocycles. The summed E-state index contributed by atoms with van der Waals surface area (Å²) in [7, 11) is 0. The van der Waals surface area contributed by atoms with Crippen molar-refractivity contribution in [3.05, 3.63) is 88.5 Å². The van der Waals surface area contributed by atoms with Gasteiger partial charge in [-0.3, -0.25) is 0 Å². The maximum absolute atomic E-state index is 2.37. The van der Waals surface area contributed by atoms with E-state index in [0.29, 0.717) is 0 Å². The summed E-state index contributed by atoms with van der Waals surface area (Å²) in [6.45, 7) is 6.60. The van der Waals surface area contributed by atoms with E-state index in [1.165, 1.54) is 50.1 Å². The molecular formula is C24H22. The molecule has 4 rings (SSSR count). The molecule has 3 aromatic rings. The molecule has 0 saturated carbocycles. The quantitative estimate of drug-likeness (QED) is 0.500. The van der Waals surface area contributed by atoms with Gasteiger partial charge in [-0.2, -0.15) is 0 Å². The Labute approximate surface area is 144 Å². The summed E-state index contributed by atoms with van der Waals surface area (Å²) in [6.07, 6.45) is 3.44. The van der Waals surface area contributed by atoms with Gasteiger partial charge in [0.05, 0.1) is 0 Å². The van der Waals surface area contributed by atoms with Gasteiger partial charge in [-0.1, -0.05) is 83.4 Å². The van der Waals surface area contributed by atoms with Gasteiger partial charge in [-0.05, 0) is 60.6 Å². The average Bonchev–Trinajstić information content (AvgIpc) is 2.94. The van der Waals surface area contributed by atoms with Gasteiger partial charge >= 0.3 is 0 Å². The van der Waals surface area contributed by atoms with Crippen molar-refractivity contribution < 1.29 is 0 Å². The van der Waals surface area contributed by atoms with E-state index in [1.807, 2.05) is 0 Å². The fraction of sp³-hybridized carbons (Fsp3) is 0.167. The van der Waals surface area contributed by atoms with Crippen LogP contribution >= 0.6 is 0 Å². The molecule has 0 unspecified atom stereocenters. The van der Waals surface area contributed by atoms with Crippen LogP contribution in [0.2, 0.25) is 0 Å². The summed E-state index contributed by atoms with van der Waals surface area (Å²) in [5.41, 5.74) is 12.2. The Bertz CT molecular complexity index is 923. The van der Waals surface area contributed by atoms with Crippen molar-refractivity contribution in [3.8, 4) is 22.3 Å². The smallest absolute Gasteiger partial charge is 0.00298 e. The first-order valence-corrected chi connectivity index (χ1v) is 8.59. The van der Waals surface area contributed by atoms with Crippen molar-refractivity contribution in [1.82, 2.24) is 0 Å². The third kappa shape index (κ3) is 2.59. The van der Waals surface area contributed by atoms with Crippen molar-refractivity contribution in [1.29, 1.82) is 0 Å². The molecule has 24 heavy (non-hydrogen) atoms. The van der Waals surface area contributed by atoms with E-state index in [0.717, 1.165) is 6.42 Å². The number of hydrogen-bond acceptors (Lipinski definition) is 0. The summed E-state index contributed by atoms with van der Waals surface area (Å²) in [5.74, 6) is 0. The van der Waals surface area contributed by atoms with Gasteiger partial charge in [0.15, 0.2) is 0 Å². The highest BCUT2D eigenvalue weighted by Gasteiger charge is 2.19. The van der Waals surface area contributed by atoms with E-state index in [9.17, 15) is 0 Å². The Hall–Kier alpha value is -2.60. The number of fused-ring (bicyclic) bond motifs is 1. The Morgan fingerprint density at radius 2 is 1.42 bits per heavy atom. The Morgan fingerprint density at radius 3 is 2.12 bits per heavy atom. The molecule has 3 aromatic carbocycles. The van der Waals surface area contributed by atoms with Crippen molar-refractivity contribution in [3.63, 3.8) is 0 Å². The second-order valence-electron chi connectivity index (χ2n) is 6.97. The fourth-order valence-corrected chi connectivity index (χ4v) is 3.87. The van der Waals surface area contributed by atoms with Crippen molar-refractivity contribution in [2.45, 2.75) is 27.2 Å². The molecule has 0 saturated heterocycles. The lowest BCUT2D eigenvalue weighted by Gasteiger charge is -2.16. The number of aryl methyl sites for hydroxylation is 2. The van der Waals surface area contributed by atoms with E-state index in [4.69, 9.17) is 0 Å². The lowest BCUT2D eigenvalue weighted by molar-refractivity contribution is 1.20. The fourth-order valence-electron chi connectivity index (χ4n) is 3.87. The standard InChI is InChI=1S/C24H22/c1-16-11-17(2)14-21(13-16)24-22(19-7-5-4-6-8-19)10-9-20-12-18(3)15-23(20)24/h4-11,13-15H,12H2,1-3H3. The molecule has 0 amide bonds. The van der Waals surface area contributed by atoms with Crippen LogP contribution < -0.4 is 0 Å². The monoisotopic (exact) mass is 310 g/mol. The predicted octanol–water partition coefficient (Wildman–Crippen LogP) is 6.60. The van der Waals surface area contributed by atoms with Gasteiger partial charge in [-0.25, -0.2) is 0 Å². The summed E-state index contributed by atoms with van der Waals surface area (Å²) >= 11 is 0. The van der Waals surface area contributed by atoms with E-state index in [1.54, 1.807) is 0 Å². The molecule has 118 valence electrons. The number of rotatable bonds is 2. The number of benzene rings is 3. The molecule has 0 radical (unpaired) electrons. The maximum Gasteiger partial charge on any atom is -0.00298 e. The predicted molar refractivity (Wildman–Crippen MR) is 104 cm³/mol. The molecule has 0 atom stereocenters. The van der Waals surface area contributed by atoms with Gasteiger partial charge in [0.25, 0.3) is 0 Å². The van der Waals surface area contributed by atoms with Gasteiger partial charge in [0, 0.05) is 0 Å². The summed E-state index contributed by atoms with van der Waals surface area (Å²) in [4.78, 5) is 0. The van der Waals surface area contributed by atoms with E-state index in [-0.39, 0.29) is 0 Å². The van der Waals surface area contributed by atoms with Crippen LogP contribution in [0.5, 0.6) is 0 Å². The molecule has 0 N–H and O–H groups in total. The zero-order valence-corrected chi connectivity index (χ0v) is 14.6. The van der Waals surface area contributed by atoms with Crippen molar-refractivity contribution in [2.24, 2.45) is 0 Å². The van der Waals surface area contributed by atoms with E-state index in [2.05, 4.69) is 87.5 Å². The second-order valence-corrected chi connectivity index (χ2v) is 6.97. The largest absolute Gasteiger partial charge is 0.0683 e. The van der Waals surface area contributed by atoms with Crippen LogP contribution in [0.4, 0.5) is 0 Å². The lowest BCUT2D eigenvalue weighted by atomic mass is 9.87. The van der Waals surface area contributed by atoms with Crippen LogP contribution in [0.25, 0.3) is 28.3 Å². The first kappa shape index (κ1) is 15.0. The molecule has 0 fully saturated rings. The highest BCUT2D eigenvalue weighted by Crippen LogP contribution is 2.41. The zero-order chi connectivity index (χ0) is 16.7. The molecule has 1 aliphatic carbocycles. The highest BCUT2D eigenvalue weighted by molar-refractivity contribution is 5.92. The first-order chi connectivity index (χ1) is 11.6. The molecular weight excluding hydrogens is 288 g/mol. The number of allylic oxidation sites excluding steroid dienone is 1. The number of hydrogen-bond donors (Lipinski definition) is 0. The Kier molecular flexibility index (Phi) is 3.61. The summed E-state index contributed by atoms with van der Waals surface area (Å²) in [5, 5.41) is 0. The minimum Gasteiger partial charge on any atom is -0.0683 e. The Morgan fingerprint density at radius 1 is 0.708 bits per heavy atom. The first-order valence-electron chi connectivity index (χ1n) is 8.59. The molecule has 0 heterocycles. The van der Waals surface area contributed by atoms with E-state index >= 15 is 0 Å². The molecule has 0 bridgehead atoms. The second kappa shape index (κ2) is 5.79. The van der Waals surface area contributed by atoms with Crippen LogP contribution in [0, 0.1) is 13.8 Å². The molecule has 0 nitrogen and oxygen atoms in total. The van der Waals surface area contributed by atoms with Crippen LogP contribution in [0.1, 0.15) is 29.2 Å². The third-order valence-electron chi connectivity index (χ3n) is 4.79. The zero-order valence-electron chi connectivity index (χ0n) is 14.6. The van der Waals surface area contributed by atoms with Gasteiger partial charge in [0.2, 0.25) is 0 Å². The van der Waals surface area contributed by atoms with Crippen LogP contribution in [0.15, 0.2) is 66.2 Å². The summed E-state index contributed by atoms with van der Waals surface area (Å²) in [6, 6.07) is 22.2. The van der Waals surface area contributed by atoms with Crippen molar-refractivity contribution in [2.75, 3.05) is 0 Å². The van der Waals surface area contributed by atoms with Gasteiger partial charge in [0.1, 0.15) is 0 Å². The van der Waals surface area contributed by atoms with E-state index < -0.39 is 0 Å². The minimum atomic E-state index is 1.07. The van der Waals surface area contributed by atoms with Crippen LogP contribution in [0.3, 0.4) is 0 Å². The summed E-state index contributed by atoms with van der Waals surface area (Å²) < 4.78 is 0. The molecule has 1 aliphatic rings. The minimum absolute atomic E-state index is 1.07. The lowest BCUT2D eigenvalue weighted by Crippen LogP contribution is -1.93. The van der Waals surface area contributed by atoms with Crippen LogP contribution in [-0.4, -0.2) is 0 Å². The molecule has 0 aromatic heterocycles. The topological polar surface area (TPSA) is 0 Å². The third-order valence-corrected chi connectivity index (χ3v) is 4.79. The van der Waals surface area contributed by atoms with Gasteiger partial charge < -0.3 is 0 Å². The SMILES string of the molecule is CC1=Cc2c(ccc(-c3ccccc3)c2-c2cc(C)cc(C)c2)C1. The molecule has 0 heteroatoms. The normalized spacial score (nSPS) is 12.9. The average molecular weight is 310 g/mol. The molecule has 0 spiro atoms. The van der Waals surface area contributed by atoms with Crippen LogP contribution in [-0.2, 0) is 6.42 Å². The maximum atomic E-state index is 2.37.